The van der Waals surface area contributed by atoms with E-state index in [0.717, 1.165) is 29.2 Å². The van der Waals surface area contributed by atoms with Crippen LogP contribution >= 0.6 is 11.8 Å². The van der Waals surface area contributed by atoms with Crippen molar-refractivity contribution in [3.8, 4) is 0 Å². The fourth-order valence-corrected chi connectivity index (χ4v) is 3.27. The summed E-state index contributed by atoms with van der Waals surface area (Å²) in [6, 6.07) is 14.9. The van der Waals surface area contributed by atoms with Crippen molar-refractivity contribution in [1.82, 2.24) is 0 Å². The summed E-state index contributed by atoms with van der Waals surface area (Å²) in [5.41, 5.74) is 2.27. The average Bonchev–Trinajstić information content (AvgIpc) is 3.01. The summed E-state index contributed by atoms with van der Waals surface area (Å²) >= 11 is 1.55. The van der Waals surface area contributed by atoms with Gasteiger partial charge in [-0.3, -0.25) is 9.59 Å². The Hall–Kier alpha value is -2.27. The van der Waals surface area contributed by atoms with Crippen LogP contribution in [0, 0.1) is 0 Å². The molecule has 23 heavy (non-hydrogen) atoms. The van der Waals surface area contributed by atoms with Gasteiger partial charge in [0.25, 0.3) is 5.91 Å². The molecule has 2 amide bonds. The molecule has 1 saturated heterocycles. The molecule has 0 bridgehead atoms. The van der Waals surface area contributed by atoms with Crippen LogP contribution in [-0.4, -0.2) is 24.6 Å². The van der Waals surface area contributed by atoms with E-state index < -0.39 is 0 Å². The van der Waals surface area contributed by atoms with Crippen molar-refractivity contribution in [3.05, 3.63) is 54.1 Å². The molecule has 0 unspecified atom stereocenters. The second-order valence-corrected chi connectivity index (χ2v) is 6.20. The first-order valence-corrected chi connectivity index (χ1v) is 8.76. The van der Waals surface area contributed by atoms with Gasteiger partial charge in [-0.15, -0.1) is 11.8 Å². The van der Waals surface area contributed by atoms with Gasteiger partial charge in [0.15, 0.2) is 0 Å². The summed E-state index contributed by atoms with van der Waals surface area (Å²) in [6.45, 7) is 0.769. The lowest BCUT2D eigenvalue weighted by Crippen LogP contribution is -2.23. The van der Waals surface area contributed by atoms with E-state index in [9.17, 15) is 9.59 Å². The number of carbonyl (C=O) groups is 2. The minimum Gasteiger partial charge on any atom is -0.322 e. The Balaban J connectivity index is 1.73. The summed E-state index contributed by atoms with van der Waals surface area (Å²) in [5, 5.41) is 2.91. The van der Waals surface area contributed by atoms with Crippen LogP contribution in [0.2, 0.25) is 0 Å². The first-order valence-electron chi connectivity index (χ1n) is 7.54. The van der Waals surface area contributed by atoms with Crippen LogP contribution in [0.3, 0.4) is 0 Å². The third-order valence-corrected chi connectivity index (χ3v) is 4.66. The van der Waals surface area contributed by atoms with E-state index >= 15 is 0 Å². The molecule has 1 heterocycles. The third-order valence-electron chi connectivity index (χ3n) is 3.86. The van der Waals surface area contributed by atoms with Crippen molar-refractivity contribution in [1.29, 1.82) is 0 Å². The number of nitrogens with one attached hydrogen (secondary N) is 1. The van der Waals surface area contributed by atoms with Gasteiger partial charge in [-0.05, 0) is 49.1 Å². The first kappa shape index (κ1) is 15.6. The van der Waals surface area contributed by atoms with Crippen LogP contribution in [0.4, 0.5) is 11.4 Å². The van der Waals surface area contributed by atoms with E-state index in [4.69, 9.17) is 0 Å². The van der Waals surface area contributed by atoms with Gasteiger partial charge in [0.1, 0.15) is 0 Å². The lowest BCUT2D eigenvalue weighted by molar-refractivity contribution is -0.117. The molecule has 1 fully saturated rings. The summed E-state index contributed by atoms with van der Waals surface area (Å²) in [4.78, 5) is 26.9. The third kappa shape index (κ3) is 3.40. The average molecular weight is 326 g/mol. The van der Waals surface area contributed by atoms with Crippen LogP contribution in [0.25, 0.3) is 0 Å². The van der Waals surface area contributed by atoms with Crippen LogP contribution in [-0.2, 0) is 4.79 Å². The molecular formula is C18H18N2O2S. The van der Waals surface area contributed by atoms with Gasteiger partial charge < -0.3 is 10.2 Å². The van der Waals surface area contributed by atoms with Gasteiger partial charge in [0.05, 0.1) is 5.56 Å². The van der Waals surface area contributed by atoms with Gasteiger partial charge in [-0.25, -0.2) is 0 Å². The van der Waals surface area contributed by atoms with E-state index in [1.807, 2.05) is 54.8 Å². The van der Waals surface area contributed by atoms with Crippen molar-refractivity contribution < 1.29 is 9.59 Å². The number of rotatable bonds is 4. The zero-order valence-corrected chi connectivity index (χ0v) is 13.7. The summed E-state index contributed by atoms with van der Waals surface area (Å²) in [6.07, 6.45) is 3.47. The van der Waals surface area contributed by atoms with E-state index in [-0.39, 0.29) is 11.8 Å². The number of hydrogen-bond donors (Lipinski definition) is 1. The second-order valence-electron chi connectivity index (χ2n) is 5.35. The topological polar surface area (TPSA) is 49.4 Å². The molecular weight excluding hydrogens is 308 g/mol. The highest BCUT2D eigenvalue weighted by atomic mass is 32.2. The standard InChI is InChI=1S/C18H18N2O2S/c1-23-16-6-3-2-5-15(16)18(22)19-13-8-10-14(11-9-13)20-12-4-7-17(20)21/h2-3,5-6,8-11H,4,7,12H2,1H3,(H,19,22). The van der Waals surface area contributed by atoms with Crippen molar-refractivity contribution in [3.63, 3.8) is 0 Å². The maximum absolute atomic E-state index is 12.4. The molecule has 118 valence electrons. The maximum atomic E-state index is 12.4. The van der Waals surface area contributed by atoms with Crippen molar-refractivity contribution in [2.45, 2.75) is 17.7 Å². The Morgan fingerprint density at radius 2 is 1.87 bits per heavy atom. The fraction of sp³-hybridized carbons (Fsp3) is 0.222. The van der Waals surface area contributed by atoms with Gasteiger partial charge in [-0.2, -0.15) is 0 Å². The first-order chi connectivity index (χ1) is 11.2. The number of nitrogens with zero attached hydrogens (tertiary/aromatic N) is 1. The minimum atomic E-state index is -0.125. The molecule has 2 aromatic rings. The Kier molecular flexibility index (Phi) is 4.67. The Bertz CT molecular complexity index is 728. The van der Waals surface area contributed by atoms with Crippen molar-refractivity contribution in [2.75, 3.05) is 23.0 Å². The van der Waals surface area contributed by atoms with Crippen LogP contribution in [0.15, 0.2) is 53.4 Å². The number of amides is 2. The quantitative estimate of drug-likeness (QED) is 0.870. The minimum absolute atomic E-state index is 0.125. The lowest BCUT2D eigenvalue weighted by Gasteiger charge is -2.16. The summed E-state index contributed by atoms with van der Waals surface area (Å²) in [7, 11) is 0. The highest BCUT2D eigenvalue weighted by Crippen LogP contribution is 2.24. The van der Waals surface area contributed by atoms with Crippen LogP contribution < -0.4 is 10.2 Å². The maximum Gasteiger partial charge on any atom is 0.256 e. The number of carbonyl (C=O) groups excluding carboxylic acids is 2. The predicted octanol–water partition coefficient (Wildman–Crippen LogP) is 3.79. The highest BCUT2D eigenvalue weighted by Gasteiger charge is 2.21. The number of hydrogen-bond acceptors (Lipinski definition) is 3. The smallest absolute Gasteiger partial charge is 0.256 e. The molecule has 0 aliphatic carbocycles. The van der Waals surface area contributed by atoms with Crippen LogP contribution in [0.1, 0.15) is 23.2 Å². The van der Waals surface area contributed by atoms with E-state index in [0.29, 0.717) is 12.0 Å². The van der Waals surface area contributed by atoms with Gasteiger partial charge in [0, 0.05) is 29.2 Å². The molecule has 0 atom stereocenters. The van der Waals surface area contributed by atoms with Crippen molar-refractivity contribution >= 4 is 35.0 Å². The summed E-state index contributed by atoms with van der Waals surface area (Å²) < 4.78 is 0. The molecule has 1 N–H and O–H groups in total. The highest BCUT2D eigenvalue weighted by molar-refractivity contribution is 7.98. The van der Waals surface area contributed by atoms with Crippen LogP contribution in [0.5, 0.6) is 0 Å². The molecule has 3 rings (SSSR count). The Morgan fingerprint density at radius 1 is 1.13 bits per heavy atom. The van der Waals surface area contributed by atoms with E-state index in [2.05, 4.69) is 5.32 Å². The zero-order chi connectivity index (χ0) is 16.2. The number of benzene rings is 2. The number of thioether (sulfide) groups is 1. The molecule has 0 saturated carbocycles. The van der Waals surface area contributed by atoms with E-state index in [1.54, 1.807) is 16.7 Å². The Labute approximate surface area is 139 Å². The monoisotopic (exact) mass is 326 g/mol. The second kappa shape index (κ2) is 6.87. The SMILES string of the molecule is CSc1ccccc1C(=O)Nc1ccc(N2CCCC2=O)cc1. The molecule has 5 heteroatoms. The molecule has 1 aliphatic heterocycles. The molecule has 0 aromatic heterocycles. The molecule has 1 aliphatic rings. The fourth-order valence-electron chi connectivity index (χ4n) is 2.68. The van der Waals surface area contributed by atoms with Crippen molar-refractivity contribution in [2.24, 2.45) is 0 Å². The summed E-state index contributed by atoms with van der Waals surface area (Å²) in [5.74, 6) is 0.0376. The van der Waals surface area contributed by atoms with Gasteiger partial charge >= 0.3 is 0 Å². The van der Waals surface area contributed by atoms with Gasteiger partial charge in [0.2, 0.25) is 5.91 Å². The van der Waals surface area contributed by atoms with E-state index in [1.165, 1.54) is 0 Å². The largest absolute Gasteiger partial charge is 0.322 e. The predicted molar refractivity (Wildman–Crippen MR) is 94.2 cm³/mol. The molecule has 2 aromatic carbocycles. The molecule has 4 nitrogen and oxygen atoms in total. The van der Waals surface area contributed by atoms with Gasteiger partial charge in [-0.1, -0.05) is 12.1 Å². The Morgan fingerprint density at radius 3 is 2.52 bits per heavy atom. The number of anilines is 2. The normalized spacial score (nSPS) is 14.1. The molecule has 0 radical (unpaired) electrons. The lowest BCUT2D eigenvalue weighted by atomic mass is 10.2. The molecule has 0 spiro atoms. The zero-order valence-electron chi connectivity index (χ0n) is 12.9.